The number of nitrogens with zero attached hydrogens (tertiary/aromatic N) is 3. The van der Waals surface area contributed by atoms with Crippen LogP contribution in [0.1, 0.15) is 17.0 Å². The first-order valence-corrected chi connectivity index (χ1v) is 11.6. The Morgan fingerprint density at radius 3 is 2.61 bits per heavy atom. The van der Waals surface area contributed by atoms with Gasteiger partial charge in [0.05, 0.1) is 18.3 Å². The van der Waals surface area contributed by atoms with E-state index in [9.17, 15) is 9.18 Å². The van der Waals surface area contributed by atoms with Crippen molar-refractivity contribution in [1.29, 1.82) is 0 Å². The molecule has 2 amide bonds. The summed E-state index contributed by atoms with van der Waals surface area (Å²) in [5, 5.41) is 10.6. The highest BCUT2D eigenvalue weighted by Gasteiger charge is 2.35. The maximum atomic E-state index is 13.5. The zero-order chi connectivity index (χ0) is 23.4. The van der Waals surface area contributed by atoms with Crippen molar-refractivity contribution in [2.75, 3.05) is 38.7 Å². The topological polar surface area (TPSA) is 71.4 Å². The molecule has 7 nitrogen and oxygen atoms in total. The van der Waals surface area contributed by atoms with E-state index in [4.69, 9.17) is 4.74 Å². The van der Waals surface area contributed by atoms with Gasteiger partial charge in [0, 0.05) is 38.2 Å². The Hall–Kier alpha value is -2.75. The summed E-state index contributed by atoms with van der Waals surface area (Å²) in [7, 11) is 1.67. The first-order chi connectivity index (χ1) is 16.0. The second-order valence-corrected chi connectivity index (χ2v) is 8.88. The van der Waals surface area contributed by atoms with Gasteiger partial charge >= 0.3 is 6.03 Å². The molecule has 174 valence electrons. The van der Waals surface area contributed by atoms with E-state index < -0.39 is 0 Å². The summed E-state index contributed by atoms with van der Waals surface area (Å²) in [5.41, 5.74) is 2.67. The third-order valence-corrected chi connectivity index (χ3v) is 6.67. The number of benzene rings is 2. The van der Waals surface area contributed by atoms with Crippen molar-refractivity contribution in [1.82, 2.24) is 20.0 Å². The lowest BCUT2D eigenvalue weighted by molar-refractivity contribution is 0.159. The first-order valence-electron chi connectivity index (χ1n) is 10.8. The van der Waals surface area contributed by atoms with Gasteiger partial charge in [-0.05, 0) is 52.7 Å². The van der Waals surface area contributed by atoms with E-state index in [1.807, 2.05) is 37.3 Å². The molecule has 0 aliphatic carbocycles. The van der Waals surface area contributed by atoms with E-state index in [-0.39, 0.29) is 23.8 Å². The number of likely N-dealkylation sites (tertiary alicyclic amines) is 1. The summed E-state index contributed by atoms with van der Waals surface area (Å²) in [5.74, 6) is 0.365. The van der Waals surface area contributed by atoms with Crippen LogP contribution >= 0.6 is 15.9 Å². The van der Waals surface area contributed by atoms with Gasteiger partial charge in [-0.15, -0.1) is 0 Å². The fourth-order valence-corrected chi connectivity index (χ4v) is 4.51. The predicted octanol–water partition coefficient (Wildman–Crippen LogP) is 4.32. The number of carbonyl (C=O) groups excluding carboxylic acids is 1. The Kier molecular flexibility index (Phi) is 7.42. The van der Waals surface area contributed by atoms with E-state index in [0.29, 0.717) is 23.6 Å². The second kappa shape index (κ2) is 10.5. The van der Waals surface area contributed by atoms with Crippen molar-refractivity contribution < 1.29 is 13.9 Å². The minimum atomic E-state index is -0.312. The van der Waals surface area contributed by atoms with Gasteiger partial charge in [-0.25, -0.2) is 13.9 Å². The molecule has 1 aromatic heterocycles. The molecule has 0 bridgehead atoms. The lowest BCUT2D eigenvalue weighted by Gasteiger charge is -2.21. The van der Waals surface area contributed by atoms with Crippen molar-refractivity contribution in [3.63, 3.8) is 0 Å². The highest BCUT2D eigenvalue weighted by atomic mass is 79.9. The molecule has 2 atom stereocenters. The largest absolute Gasteiger partial charge is 0.383 e. The van der Waals surface area contributed by atoms with Crippen LogP contribution in [0, 0.1) is 12.7 Å². The summed E-state index contributed by atoms with van der Waals surface area (Å²) >= 11 is 3.47. The van der Waals surface area contributed by atoms with Crippen molar-refractivity contribution in [3.05, 3.63) is 76.1 Å². The molecule has 4 rings (SSSR count). The molecule has 1 aliphatic heterocycles. The molecule has 9 heteroatoms. The van der Waals surface area contributed by atoms with Gasteiger partial charge in [-0.2, -0.15) is 5.10 Å². The average Bonchev–Trinajstić information content (AvgIpc) is 3.34. The van der Waals surface area contributed by atoms with Crippen LogP contribution in [0.4, 0.5) is 15.0 Å². The highest BCUT2D eigenvalue weighted by molar-refractivity contribution is 9.10. The number of methoxy groups -OCH3 is 1. The Morgan fingerprint density at radius 1 is 1.18 bits per heavy atom. The van der Waals surface area contributed by atoms with Crippen LogP contribution in [0.2, 0.25) is 0 Å². The monoisotopic (exact) mass is 515 g/mol. The standard InChI is InChI=1S/C24H27BrFN5O2/c1-16-22(25)29-31(19-6-4-3-5-7-19)23(16)28-24(32)27-21-15-30(12-13-33-2)14-20(21)17-8-10-18(26)11-9-17/h3-11,20-21H,12-15H2,1-2H3,(H2,27,28,32). The normalized spacial score (nSPS) is 18.4. The third kappa shape index (κ3) is 5.43. The zero-order valence-electron chi connectivity index (χ0n) is 18.6. The first kappa shape index (κ1) is 23.4. The highest BCUT2D eigenvalue weighted by Crippen LogP contribution is 2.29. The molecule has 0 spiro atoms. The molecular weight excluding hydrogens is 489 g/mol. The predicted molar refractivity (Wildman–Crippen MR) is 129 cm³/mol. The van der Waals surface area contributed by atoms with Gasteiger partial charge in [0.1, 0.15) is 16.2 Å². The van der Waals surface area contributed by atoms with Crippen LogP contribution in [0.5, 0.6) is 0 Å². The molecule has 1 aliphatic rings. The van der Waals surface area contributed by atoms with E-state index in [1.165, 1.54) is 12.1 Å². The summed E-state index contributed by atoms with van der Waals surface area (Å²) in [4.78, 5) is 15.3. The number of nitrogens with one attached hydrogen (secondary N) is 2. The fraction of sp³-hybridized carbons (Fsp3) is 0.333. The number of halogens is 2. The van der Waals surface area contributed by atoms with Gasteiger partial charge in [-0.3, -0.25) is 10.2 Å². The van der Waals surface area contributed by atoms with Gasteiger partial charge in [0.25, 0.3) is 0 Å². The van der Waals surface area contributed by atoms with Crippen molar-refractivity contribution in [2.45, 2.75) is 18.9 Å². The third-order valence-electron chi connectivity index (χ3n) is 5.92. The van der Waals surface area contributed by atoms with Crippen LogP contribution in [0.25, 0.3) is 5.69 Å². The number of hydrogen-bond acceptors (Lipinski definition) is 4. The minimum Gasteiger partial charge on any atom is -0.383 e. The van der Waals surface area contributed by atoms with Crippen molar-refractivity contribution in [2.24, 2.45) is 0 Å². The molecule has 2 unspecified atom stereocenters. The Bertz CT molecular complexity index is 1090. The number of ether oxygens (including phenoxy) is 1. The maximum Gasteiger partial charge on any atom is 0.320 e. The molecule has 3 aromatic rings. The van der Waals surface area contributed by atoms with Crippen LogP contribution < -0.4 is 10.6 Å². The number of carbonyl (C=O) groups is 1. The summed E-state index contributed by atoms with van der Waals surface area (Å²) in [6.45, 7) is 4.71. The van der Waals surface area contributed by atoms with Crippen LogP contribution in [0.15, 0.2) is 59.2 Å². The number of aromatic nitrogens is 2. The quantitative estimate of drug-likeness (QED) is 0.491. The van der Waals surface area contributed by atoms with Crippen molar-refractivity contribution in [3.8, 4) is 5.69 Å². The average molecular weight is 516 g/mol. The van der Waals surface area contributed by atoms with E-state index in [1.54, 1.807) is 23.9 Å². The SMILES string of the molecule is COCCN1CC(NC(=O)Nc2c(C)c(Br)nn2-c2ccccc2)C(c2ccc(F)cc2)C1. The van der Waals surface area contributed by atoms with Crippen LogP contribution in [0.3, 0.4) is 0 Å². The Morgan fingerprint density at radius 2 is 1.91 bits per heavy atom. The summed E-state index contributed by atoms with van der Waals surface area (Å²) < 4.78 is 21.1. The number of amides is 2. The second-order valence-electron chi connectivity index (χ2n) is 8.13. The molecule has 0 saturated carbocycles. The minimum absolute atomic E-state index is 0.0417. The fourth-order valence-electron chi connectivity index (χ4n) is 4.17. The van der Waals surface area contributed by atoms with E-state index >= 15 is 0 Å². The molecule has 0 radical (unpaired) electrons. The summed E-state index contributed by atoms with van der Waals surface area (Å²) in [6, 6.07) is 15.7. The lowest BCUT2D eigenvalue weighted by atomic mass is 9.94. The van der Waals surface area contributed by atoms with Crippen LogP contribution in [-0.2, 0) is 4.74 Å². The maximum absolute atomic E-state index is 13.5. The Balaban J connectivity index is 1.52. The molecule has 2 aromatic carbocycles. The lowest BCUT2D eigenvalue weighted by Crippen LogP contribution is -2.42. The number of rotatable bonds is 7. The number of para-hydroxylation sites is 1. The van der Waals surface area contributed by atoms with Gasteiger partial charge in [0.2, 0.25) is 0 Å². The molecular formula is C24H27BrFN5O2. The molecule has 2 heterocycles. The molecule has 1 saturated heterocycles. The molecule has 1 fully saturated rings. The molecule has 2 N–H and O–H groups in total. The summed E-state index contributed by atoms with van der Waals surface area (Å²) in [6.07, 6.45) is 0. The Labute approximate surface area is 201 Å². The van der Waals surface area contributed by atoms with Gasteiger partial charge in [-0.1, -0.05) is 30.3 Å². The smallest absolute Gasteiger partial charge is 0.320 e. The van der Waals surface area contributed by atoms with Gasteiger partial charge < -0.3 is 10.1 Å². The van der Waals surface area contributed by atoms with E-state index in [0.717, 1.165) is 29.9 Å². The van der Waals surface area contributed by atoms with Gasteiger partial charge in [0.15, 0.2) is 0 Å². The zero-order valence-corrected chi connectivity index (χ0v) is 20.2. The number of anilines is 1. The van der Waals surface area contributed by atoms with Crippen LogP contribution in [-0.4, -0.2) is 60.1 Å². The van der Waals surface area contributed by atoms with E-state index in [2.05, 4.69) is 36.6 Å². The van der Waals surface area contributed by atoms with Crippen molar-refractivity contribution >= 4 is 27.8 Å². The molecule has 33 heavy (non-hydrogen) atoms. The number of hydrogen-bond donors (Lipinski definition) is 2. The number of urea groups is 1.